The van der Waals surface area contributed by atoms with Crippen LogP contribution in [0.25, 0.3) is 11.1 Å². The lowest BCUT2D eigenvalue weighted by atomic mass is 10.1. The molecule has 2 aromatic rings. The topological polar surface area (TPSA) is 51.5 Å². The molecule has 11 heteroatoms. The Balaban J connectivity index is 2.67. The molecular formula is C16H12BrCl2F4NO3. The van der Waals surface area contributed by atoms with E-state index in [2.05, 4.69) is 15.9 Å². The molecule has 0 saturated carbocycles. The van der Waals surface area contributed by atoms with Gasteiger partial charge in [0.25, 0.3) is 0 Å². The predicted octanol–water partition coefficient (Wildman–Crippen LogP) is 6.16. The van der Waals surface area contributed by atoms with Gasteiger partial charge in [-0.2, -0.15) is 13.2 Å². The van der Waals surface area contributed by atoms with Crippen molar-refractivity contribution in [3.63, 3.8) is 0 Å². The van der Waals surface area contributed by atoms with Gasteiger partial charge in [0, 0.05) is 18.2 Å². The molecule has 1 unspecified atom stereocenters. The minimum atomic E-state index is -4.74. The van der Waals surface area contributed by atoms with Crippen LogP contribution in [0.3, 0.4) is 0 Å². The average molecular weight is 493 g/mol. The number of nitrogens with zero attached hydrogens (tertiary/aromatic N) is 1. The lowest BCUT2D eigenvalue weighted by Gasteiger charge is -2.16. The van der Waals surface area contributed by atoms with Gasteiger partial charge in [0.2, 0.25) is 0 Å². The first-order valence-corrected chi connectivity index (χ1v) is 8.94. The number of aromatic nitrogens is 1. The number of hydrogen-bond acceptors (Lipinski definition) is 2. The Hall–Kier alpha value is -1.45. The summed E-state index contributed by atoms with van der Waals surface area (Å²) in [4.78, 5) is 11.1. The van der Waals surface area contributed by atoms with E-state index >= 15 is 0 Å². The Morgan fingerprint density at radius 1 is 1.37 bits per heavy atom. The van der Waals surface area contributed by atoms with Crippen molar-refractivity contribution in [1.29, 1.82) is 0 Å². The number of carboxylic acid groups (broad SMARTS) is 1. The van der Waals surface area contributed by atoms with Crippen molar-refractivity contribution in [2.24, 2.45) is 7.05 Å². The highest BCUT2D eigenvalue weighted by atomic mass is 79.9. The summed E-state index contributed by atoms with van der Waals surface area (Å²) in [5, 5.41) is 8.49. The van der Waals surface area contributed by atoms with E-state index in [0.29, 0.717) is 4.57 Å². The molecule has 0 spiro atoms. The molecule has 0 aliphatic heterocycles. The molecule has 4 nitrogen and oxygen atoms in total. The zero-order chi connectivity index (χ0) is 20.7. The van der Waals surface area contributed by atoms with E-state index in [9.17, 15) is 22.4 Å². The number of alkyl halides is 3. The summed E-state index contributed by atoms with van der Waals surface area (Å²) in [6.45, 7) is 1.55. The molecule has 1 N–H and O–H groups in total. The normalized spacial score (nSPS) is 12.9. The Morgan fingerprint density at radius 2 is 1.96 bits per heavy atom. The van der Waals surface area contributed by atoms with Gasteiger partial charge >= 0.3 is 12.1 Å². The van der Waals surface area contributed by atoms with Gasteiger partial charge in [-0.1, -0.05) is 30.1 Å². The highest BCUT2D eigenvalue weighted by Gasteiger charge is 2.40. The van der Waals surface area contributed by atoms with Gasteiger partial charge in [0.1, 0.15) is 22.4 Å². The molecule has 0 amide bonds. The lowest BCUT2D eigenvalue weighted by molar-refractivity contribution is -0.145. The van der Waals surface area contributed by atoms with Crippen molar-refractivity contribution in [3.05, 3.63) is 38.3 Å². The van der Waals surface area contributed by atoms with Crippen LogP contribution in [0.2, 0.25) is 10.2 Å². The van der Waals surface area contributed by atoms with Crippen molar-refractivity contribution >= 4 is 45.1 Å². The van der Waals surface area contributed by atoms with Crippen LogP contribution in [0.4, 0.5) is 17.6 Å². The number of hydrogen-bond donors (Lipinski definition) is 1. The molecule has 0 saturated heterocycles. The summed E-state index contributed by atoms with van der Waals surface area (Å²) in [7, 11) is 1.09. The van der Waals surface area contributed by atoms with E-state index in [0.717, 1.165) is 19.2 Å². The summed E-state index contributed by atoms with van der Waals surface area (Å²) in [6, 6.07) is 1.85. The van der Waals surface area contributed by atoms with Gasteiger partial charge in [0.15, 0.2) is 6.10 Å². The Morgan fingerprint density at radius 3 is 2.41 bits per heavy atom. The number of carbonyl (C=O) groups is 1. The fraction of sp³-hybridized carbons (Fsp3) is 0.312. The molecule has 0 bridgehead atoms. The van der Waals surface area contributed by atoms with E-state index in [1.54, 1.807) is 6.92 Å². The number of halogens is 7. The van der Waals surface area contributed by atoms with E-state index in [1.807, 2.05) is 0 Å². The third kappa shape index (κ3) is 4.20. The van der Waals surface area contributed by atoms with Crippen molar-refractivity contribution in [3.8, 4) is 16.9 Å². The minimum absolute atomic E-state index is 0.0897. The highest BCUT2D eigenvalue weighted by molar-refractivity contribution is 9.10. The third-order valence-electron chi connectivity index (χ3n) is 3.74. The van der Waals surface area contributed by atoms with E-state index in [4.69, 9.17) is 33.0 Å². The van der Waals surface area contributed by atoms with Crippen LogP contribution >= 0.6 is 39.1 Å². The maximum atomic E-state index is 14.5. The molecule has 0 aliphatic rings. The van der Waals surface area contributed by atoms with Gasteiger partial charge in [-0.15, -0.1) is 0 Å². The van der Waals surface area contributed by atoms with Gasteiger partial charge in [-0.25, -0.2) is 9.18 Å². The molecule has 2 rings (SSSR count). The second-order valence-corrected chi connectivity index (χ2v) is 7.06. The van der Waals surface area contributed by atoms with Gasteiger partial charge < -0.3 is 14.4 Å². The van der Waals surface area contributed by atoms with Crippen LogP contribution in [0.5, 0.6) is 5.75 Å². The van der Waals surface area contributed by atoms with Crippen LogP contribution < -0.4 is 4.74 Å². The van der Waals surface area contributed by atoms with Crippen molar-refractivity contribution in [1.82, 2.24) is 4.57 Å². The van der Waals surface area contributed by atoms with Crippen LogP contribution in [-0.2, 0) is 18.0 Å². The van der Waals surface area contributed by atoms with Gasteiger partial charge in [-0.3, -0.25) is 0 Å². The second-order valence-electron chi connectivity index (χ2n) is 5.50. The van der Waals surface area contributed by atoms with Gasteiger partial charge in [0.05, 0.1) is 9.50 Å². The average Bonchev–Trinajstić information content (AvgIpc) is 2.76. The fourth-order valence-corrected chi connectivity index (χ4v) is 3.92. The lowest BCUT2D eigenvalue weighted by Crippen LogP contribution is -2.26. The molecule has 1 heterocycles. The molecule has 1 atom stereocenters. The van der Waals surface area contributed by atoms with Crippen LogP contribution in [0.15, 0.2) is 16.6 Å². The third-order valence-corrected chi connectivity index (χ3v) is 5.25. The molecule has 27 heavy (non-hydrogen) atoms. The zero-order valence-electron chi connectivity index (χ0n) is 13.8. The zero-order valence-corrected chi connectivity index (χ0v) is 16.9. The highest BCUT2D eigenvalue weighted by Crippen LogP contribution is 2.47. The van der Waals surface area contributed by atoms with Crippen molar-refractivity contribution in [2.75, 3.05) is 0 Å². The van der Waals surface area contributed by atoms with E-state index in [-0.39, 0.29) is 33.5 Å². The molecule has 0 aliphatic carbocycles. The van der Waals surface area contributed by atoms with Crippen LogP contribution in [-0.4, -0.2) is 21.7 Å². The predicted molar refractivity (Wildman–Crippen MR) is 95.9 cm³/mol. The quantitative estimate of drug-likeness (QED) is 0.508. The number of benzene rings is 1. The summed E-state index contributed by atoms with van der Waals surface area (Å²) < 4.78 is 59.7. The molecule has 1 aromatic heterocycles. The van der Waals surface area contributed by atoms with Crippen LogP contribution in [0, 0.1) is 5.82 Å². The Kier molecular flexibility index (Phi) is 6.38. The summed E-state index contributed by atoms with van der Waals surface area (Å²) in [6.07, 6.45) is -5.91. The number of rotatable bonds is 5. The monoisotopic (exact) mass is 491 g/mol. The summed E-state index contributed by atoms with van der Waals surface area (Å²) in [5.41, 5.74) is -1.68. The smallest absolute Gasteiger partial charge is 0.432 e. The first-order valence-electron chi connectivity index (χ1n) is 7.39. The summed E-state index contributed by atoms with van der Waals surface area (Å²) >= 11 is 14.7. The van der Waals surface area contributed by atoms with E-state index in [1.165, 1.54) is 0 Å². The maximum Gasteiger partial charge on any atom is 0.432 e. The molecule has 0 fully saturated rings. The first-order chi connectivity index (χ1) is 12.4. The number of carboxylic acids is 1. The maximum absolute atomic E-state index is 14.5. The number of aliphatic carboxylic acids is 1. The molecule has 148 valence electrons. The Labute approximate surface area is 169 Å². The van der Waals surface area contributed by atoms with Crippen LogP contribution in [0.1, 0.15) is 19.0 Å². The largest absolute Gasteiger partial charge is 0.479 e. The summed E-state index contributed by atoms with van der Waals surface area (Å²) in [5.74, 6) is -2.40. The first kappa shape index (κ1) is 21.8. The van der Waals surface area contributed by atoms with E-state index < -0.39 is 34.2 Å². The van der Waals surface area contributed by atoms with Crippen molar-refractivity contribution < 1.29 is 32.2 Å². The SMILES string of the molecule is CCC(Oc1cc(-c2c(Br)c(C(F)(F)F)n(C)c2Cl)c(F)cc1Cl)C(=O)O. The minimum Gasteiger partial charge on any atom is -0.479 e. The fourth-order valence-electron chi connectivity index (χ4n) is 2.44. The Bertz CT molecular complexity index is 899. The number of ether oxygens (including phenoxy) is 1. The molecule has 1 aromatic carbocycles. The molecular weight excluding hydrogens is 481 g/mol. The van der Waals surface area contributed by atoms with Crippen molar-refractivity contribution in [2.45, 2.75) is 25.6 Å². The molecule has 0 radical (unpaired) electrons. The second kappa shape index (κ2) is 7.89. The standard InChI is InChI=1S/C16H12BrCl2F4NO3/c1-3-9(15(25)26)27-10-4-6(8(20)5-7(10)18)11-12(17)13(16(21,22)23)24(2)14(11)19/h4-5,9H,3H2,1-2H3,(H,25,26). The van der Waals surface area contributed by atoms with Gasteiger partial charge in [-0.05, 0) is 34.5 Å².